The van der Waals surface area contributed by atoms with Crippen molar-refractivity contribution in [2.75, 3.05) is 0 Å². The van der Waals surface area contributed by atoms with Crippen molar-refractivity contribution in [3.8, 4) is 5.75 Å². The minimum absolute atomic E-state index is 0.0315. The first-order valence-electron chi connectivity index (χ1n) is 3.59. The quantitative estimate of drug-likeness (QED) is 0.424. The summed E-state index contributed by atoms with van der Waals surface area (Å²) in [5.41, 5.74) is 8.42. The molecule has 0 radical (unpaired) electrons. The standard InChI is InChI=1S/C8H7N3O2/c9-11-10-8(13)5-6-3-1-2-4-7(6)12/h1-4,12H,5H2. The molecular formula is C8H7N3O2. The van der Waals surface area contributed by atoms with E-state index in [1.54, 1.807) is 18.2 Å². The molecule has 0 aliphatic heterocycles. The van der Waals surface area contributed by atoms with Crippen LogP contribution in [-0.4, -0.2) is 11.0 Å². The molecule has 1 aromatic rings. The van der Waals surface area contributed by atoms with E-state index in [1.807, 2.05) is 0 Å². The number of phenolic OH excluding ortho intramolecular Hbond substituents is 1. The highest BCUT2D eigenvalue weighted by Gasteiger charge is 2.04. The Labute approximate surface area is 74.3 Å². The zero-order valence-electron chi connectivity index (χ0n) is 6.71. The van der Waals surface area contributed by atoms with Gasteiger partial charge in [0.15, 0.2) is 0 Å². The monoisotopic (exact) mass is 177 g/mol. The molecule has 1 N–H and O–H groups in total. The van der Waals surface area contributed by atoms with Gasteiger partial charge in [0.05, 0.1) is 0 Å². The van der Waals surface area contributed by atoms with Crippen LogP contribution in [0.2, 0.25) is 0 Å². The molecule has 13 heavy (non-hydrogen) atoms. The number of para-hydroxylation sites is 1. The predicted octanol–water partition coefficient (Wildman–Crippen LogP) is 1.77. The van der Waals surface area contributed by atoms with Crippen LogP contribution in [0.5, 0.6) is 5.75 Å². The summed E-state index contributed by atoms with van der Waals surface area (Å²) < 4.78 is 0. The number of rotatable bonds is 2. The summed E-state index contributed by atoms with van der Waals surface area (Å²) in [4.78, 5) is 13.2. The number of hydrogen-bond donors (Lipinski definition) is 1. The number of benzene rings is 1. The molecule has 5 heteroatoms. The second-order valence-corrected chi connectivity index (χ2v) is 2.39. The van der Waals surface area contributed by atoms with Crippen LogP contribution in [0.4, 0.5) is 0 Å². The second kappa shape index (κ2) is 4.13. The van der Waals surface area contributed by atoms with Gasteiger partial charge in [0.1, 0.15) is 5.75 Å². The Balaban J connectivity index is 2.80. The summed E-state index contributed by atoms with van der Waals surface area (Å²) in [6.07, 6.45) is -0.0727. The fraction of sp³-hybridized carbons (Fsp3) is 0.125. The predicted molar refractivity (Wildman–Crippen MR) is 46.0 cm³/mol. The van der Waals surface area contributed by atoms with Gasteiger partial charge in [-0.05, 0) is 16.7 Å². The van der Waals surface area contributed by atoms with Gasteiger partial charge in [0.2, 0.25) is 5.91 Å². The minimum Gasteiger partial charge on any atom is -0.508 e. The third-order valence-corrected chi connectivity index (χ3v) is 1.49. The molecule has 0 aromatic heterocycles. The fourth-order valence-corrected chi connectivity index (χ4v) is 0.908. The highest BCUT2D eigenvalue weighted by Crippen LogP contribution is 2.16. The molecule has 0 atom stereocenters. The van der Waals surface area contributed by atoms with Crippen LogP contribution in [0, 0.1) is 0 Å². The first-order chi connectivity index (χ1) is 6.24. The van der Waals surface area contributed by atoms with Crippen molar-refractivity contribution in [1.82, 2.24) is 0 Å². The van der Waals surface area contributed by atoms with Gasteiger partial charge in [-0.2, -0.15) is 0 Å². The summed E-state index contributed by atoms with van der Waals surface area (Å²) in [5.74, 6) is -0.576. The van der Waals surface area contributed by atoms with Crippen molar-refractivity contribution in [3.63, 3.8) is 0 Å². The summed E-state index contributed by atoms with van der Waals surface area (Å²) in [6, 6.07) is 6.41. The highest BCUT2D eigenvalue weighted by molar-refractivity contribution is 5.79. The zero-order valence-corrected chi connectivity index (χ0v) is 6.71. The van der Waals surface area contributed by atoms with Crippen molar-refractivity contribution in [2.24, 2.45) is 5.11 Å². The molecule has 1 amide bonds. The molecule has 0 bridgehead atoms. The molecule has 5 nitrogen and oxygen atoms in total. The molecule has 0 spiro atoms. The summed E-state index contributed by atoms with van der Waals surface area (Å²) in [6.45, 7) is 0. The van der Waals surface area contributed by atoms with E-state index in [2.05, 4.69) is 10.0 Å². The van der Waals surface area contributed by atoms with Gasteiger partial charge in [-0.15, -0.1) is 0 Å². The zero-order chi connectivity index (χ0) is 9.68. The van der Waals surface area contributed by atoms with Gasteiger partial charge in [-0.1, -0.05) is 18.2 Å². The van der Waals surface area contributed by atoms with E-state index in [0.29, 0.717) is 5.56 Å². The molecule has 0 saturated heterocycles. The first-order valence-corrected chi connectivity index (χ1v) is 3.59. The molecule has 66 valence electrons. The van der Waals surface area contributed by atoms with Crippen LogP contribution >= 0.6 is 0 Å². The van der Waals surface area contributed by atoms with E-state index >= 15 is 0 Å². The van der Waals surface area contributed by atoms with Crippen LogP contribution < -0.4 is 0 Å². The van der Waals surface area contributed by atoms with E-state index < -0.39 is 5.91 Å². The highest BCUT2D eigenvalue weighted by atomic mass is 16.3. The largest absolute Gasteiger partial charge is 0.508 e. The van der Waals surface area contributed by atoms with E-state index in [1.165, 1.54) is 6.07 Å². The third-order valence-electron chi connectivity index (χ3n) is 1.49. The maximum atomic E-state index is 10.8. The van der Waals surface area contributed by atoms with Crippen molar-refractivity contribution in [2.45, 2.75) is 6.42 Å². The van der Waals surface area contributed by atoms with Crippen LogP contribution in [0.15, 0.2) is 29.4 Å². The van der Waals surface area contributed by atoms with Gasteiger partial charge in [-0.25, -0.2) is 0 Å². The Hall–Kier alpha value is -2.00. The van der Waals surface area contributed by atoms with Gasteiger partial charge >= 0.3 is 0 Å². The van der Waals surface area contributed by atoms with Gasteiger partial charge < -0.3 is 5.11 Å². The van der Waals surface area contributed by atoms with Crippen LogP contribution in [0.25, 0.3) is 10.4 Å². The van der Waals surface area contributed by atoms with Crippen molar-refractivity contribution in [1.29, 1.82) is 0 Å². The van der Waals surface area contributed by atoms with Crippen molar-refractivity contribution < 1.29 is 9.90 Å². The molecule has 1 rings (SSSR count). The van der Waals surface area contributed by atoms with Crippen LogP contribution in [0.3, 0.4) is 0 Å². The number of hydrogen-bond acceptors (Lipinski definition) is 2. The Kier molecular flexibility index (Phi) is 2.89. The Morgan fingerprint density at radius 2 is 2.23 bits per heavy atom. The SMILES string of the molecule is [N-]=[N+]=NC(=O)Cc1ccccc1O. The van der Waals surface area contributed by atoms with E-state index in [-0.39, 0.29) is 12.2 Å². The van der Waals surface area contributed by atoms with E-state index in [4.69, 9.17) is 5.53 Å². The average Bonchev–Trinajstić information content (AvgIpc) is 2.09. The lowest BCUT2D eigenvalue weighted by molar-refractivity contribution is -0.117. The molecule has 1 aromatic carbocycles. The molecule has 0 saturated carbocycles. The second-order valence-electron chi connectivity index (χ2n) is 2.39. The van der Waals surface area contributed by atoms with Gasteiger partial charge in [0, 0.05) is 16.9 Å². The van der Waals surface area contributed by atoms with Crippen LogP contribution in [-0.2, 0) is 11.2 Å². The third kappa shape index (κ3) is 2.50. The summed E-state index contributed by atoms with van der Waals surface area (Å²) in [7, 11) is 0. The molecule has 0 aliphatic carbocycles. The number of phenols is 1. The molecular weight excluding hydrogens is 170 g/mol. The van der Waals surface area contributed by atoms with E-state index in [9.17, 15) is 9.90 Å². The Morgan fingerprint density at radius 3 is 2.85 bits per heavy atom. The average molecular weight is 177 g/mol. The lowest BCUT2D eigenvalue weighted by Gasteiger charge is -1.99. The van der Waals surface area contributed by atoms with E-state index in [0.717, 1.165) is 0 Å². The topological polar surface area (TPSA) is 86.1 Å². The maximum absolute atomic E-state index is 10.8. The number of carbonyl (C=O) groups is 1. The summed E-state index contributed by atoms with van der Waals surface area (Å²) >= 11 is 0. The first kappa shape index (κ1) is 9.09. The number of aromatic hydroxyl groups is 1. The fourth-order valence-electron chi connectivity index (χ4n) is 0.908. The normalized spacial score (nSPS) is 8.92. The molecule has 0 heterocycles. The number of carbonyl (C=O) groups excluding carboxylic acids is 1. The van der Waals surface area contributed by atoms with Gasteiger partial charge in [0.25, 0.3) is 0 Å². The van der Waals surface area contributed by atoms with Gasteiger partial charge in [-0.3, -0.25) is 4.79 Å². The number of amides is 1. The maximum Gasteiger partial charge on any atom is 0.223 e. The lowest BCUT2D eigenvalue weighted by atomic mass is 10.1. The minimum atomic E-state index is -0.607. The number of azide groups is 1. The molecule has 0 aliphatic rings. The molecule has 0 unspecified atom stereocenters. The smallest absolute Gasteiger partial charge is 0.223 e. The Bertz CT molecular complexity index is 369. The molecule has 0 fully saturated rings. The lowest BCUT2D eigenvalue weighted by Crippen LogP contribution is -1.97. The van der Waals surface area contributed by atoms with Crippen molar-refractivity contribution in [3.05, 3.63) is 40.3 Å². The Morgan fingerprint density at radius 1 is 1.54 bits per heavy atom. The van der Waals surface area contributed by atoms with Crippen LogP contribution in [0.1, 0.15) is 5.56 Å². The summed E-state index contributed by atoms with van der Waals surface area (Å²) in [5, 5.41) is 12.1. The number of nitrogens with zero attached hydrogens (tertiary/aromatic N) is 3. The van der Waals surface area contributed by atoms with Crippen molar-refractivity contribution >= 4 is 5.91 Å².